The van der Waals surface area contributed by atoms with Gasteiger partial charge in [-0.25, -0.2) is 0 Å². The van der Waals surface area contributed by atoms with Crippen molar-refractivity contribution in [2.24, 2.45) is 0 Å². The fourth-order valence-corrected chi connectivity index (χ4v) is 2.25. The second kappa shape index (κ2) is 4.61. The summed E-state index contributed by atoms with van der Waals surface area (Å²) in [7, 11) is 0. The number of aromatic nitrogens is 2. The van der Waals surface area contributed by atoms with Gasteiger partial charge in [0.1, 0.15) is 5.00 Å². The standard InChI is InChI=1S/C12H15N3S/c1-8-4-5-9(2)11(6-8)10(3)14-12-7-13-15-16-12/h4-7,10,14H,1-3H3. The van der Waals surface area contributed by atoms with Crippen LogP contribution in [0.5, 0.6) is 0 Å². The lowest BCUT2D eigenvalue weighted by atomic mass is 10.0. The Bertz CT molecular complexity index is 465. The molecule has 0 radical (unpaired) electrons. The summed E-state index contributed by atoms with van der Waals surface area (Å²) in [5.41, 5.74) is 3.92. The Kier molecular flexibility index (Phi) is 3.19. The monoisotopic (exact) mass is 233 g/mol. The first kappa shape index (κ1) is 11.1. The predicted octanol–water partition coefficient (Wildman–Crippen LogP) is 3.33. The first-order valence-corrected chi connectivity index (χ1v) is 6.05. The quantitative estimate of drug-likeness (QED) is 0.883. The van der Waals surface area contributed by atoms with Gasteiger partial charge in [-0.2, -0.15) is 0 Å². The van der Waals surface area contributed by atoms with Crippen molar-refractivity contribution < 1.29 is 0 Å². The maximum atomic E-state index is 3.84. The van der Waals surface area contributed by atoms with Gasteiger partial charge in [-0.15, -0.1) is 5.10 Å². The van der Waals surface area contributed by atoms with E-state index in [1.807, 2.05) is 0 Å². The van der Waals surface area contributed by atoms with E-state index in [0.717, 1.165) is 5.00 Å². The zero-order valence-corrected chi connectivity index (χ0v) is 10.5. The minimum atomic E-state index is 0.280. The van der Waals surface area contributed by atoms with Crippen molar-refractivity contribution in [2.75, 3.05) is 5.32 Å². The van der Waals surface area contributed by atoms with Crippen LogP contribution in [0, 0.1) is 13.8 Å². The second-order valence-electron chi connectivity index (χ2n) is 4.01. The molecule has 16 heavy (non-hydrogen) atoms. The van der Waals surface area contributed by atoms with Gasteiger partial charge in [0, 0.05) is 17.6 Å². The Morgan fingerprint density at radius 3 is 2.81 bits per heavy atom. The average molecular weight is 233 g/mol. The normalized spacial score (nSPS) is 12.4. The highest BCUT2D eigenvalue weighted by atomic mass is 32.1. The van der Waals surface area contributed by atoms with E-state index < -0.39 is 0 Å². The lowest BCUT2D eigenvalue weighted by Gasteiger charge is -2.16. The highest BCUT2D eigenvalue weighted by Gasteiger charge is 2.09. The lowest BCUT2D eigenvalue weighted by molar-refractivity contribution is 0.875. The number of rotatable bonds is 3. The van der Waals surface area contributed by atoms with Gasteiger partial charge in [0.2, 0.25) is 0 Å². The third-order valence-electron chi connectivity index (χ3n) is 2.62. The molecule has 84 valence electrons. The Balaban J connectivity index is 2.20. The fourth-order valence-electron chi connectivity index (χ4n) is 1.75. The highest BCUT2D eigenvalue weighted by molar-refractivity contribution is 7.09. The van der Waals surface area contributed by atoms with Gasteiger partial charge < -0.3 is 5.32 Å². The van der Waals surface area contributed by atoms with E-state index in [1.165, 1.54) is 28.2 Å². The molecule has 0 amide bonds. The van der Waals surface area contributed by atoms with Crippen molar-refractivity contribution in [1.29, 1.82) is 0 Å². The fraction of sp³-hybridized carbons (Fsp3) is 0.333. The number of hydrogen-bond acceptors (Lipinski definition) is 4. The SMILES string of the molecule is Cc1ccc(C)c(C(C)Nc2cnns2)c1. The maximum absolute atomic E-state index is 3.84. The van der Waals surface area contributed by atoms with E-state index in [2.05, 4.69) is 53.9 Å². The topological polar surface area (TPSA) is 37.8 Å². The molecule has 0 bridgehead atoms. The van der Waals surface area contributed by atoms with Gasteiger partial charge in [0.25, 0.3) is 0 Å². The molecule has 1 aromatic carbocycles. The van der Waals surface area contributed by atoms with Crippen molar-refractivity contribution in [2.45, 2.75) is 26.8 Å². The molecule has 1 N–H and O–H groups in total. The number of nitrogens with zero attached hydrogens (tertiary/aromatic N) is 2. The van der Waals surface area contributed by atoms with E-state index in [0.29, 0.717) is 0 Å². The molecule has 0 fully saturated rings. The summed E-state index contributed by atoms with van der Waals surface area (Å²) in [4.78, 5) is 0. The van der Waals surface area contributed by atoms with Crippen molar-refractivity contribution in [3.8, 4) is 0 Å². The van der Waals surface area contributed by atoms with E-state index in [4.69, 9.17) is 0 Å². The maximum Gasteiger partial charge on any atom is 0.130 e. The van der Waals surface area contributed by atoms with Crippen LogP contribution >= 0.6 is 11.5 Å². The van der Waals surface area contributed by atoms with Crippen LogP contribution < -0.4 is 5.32 Å². The van der Waals surface area contributed by atoms with E-state index in [-0.39, 0.29) is 6.04 Å². The van der Waals surface area contributed by atoms with Crippen LogP contribution in [0.1, 0.15) is 29.7 Å². The number of anilines is 1. The van der Waals surface area contributed by atoms with Crippen molar-refractivity contribution in [3.05, 3.63) is 41.1 Å². The third-order valence-corrected chi connectivity index (χ3v) is 3.22. The first-order chi connectivity index (χ1) is 7.66. The van der Waals surface area contributed by atoms with Crippen LogP contribution in [0.2, 0.25) is 0 Å². The molecule has 2 rings (SSSR count). The molecule has 0 saturated heterocycles. The minimum Gasteiger partial charge on any atom is -0.368 e. The van der Waals surface area contributed by atoms with Crippen molar-refractivity contribution in [3.63, 3.8) is 0 Å². The second-order valence-corrected chi connectivity index (χ2v) is 4.79. The molecular weight excluding hydrogens is 218 g/mol. The Morgan fingerprint density at radius 2 is 2.12 bits per heavy atom. The van der Waals surface area contributed by atoms with E-state index >= 15 is 0 Å². The van der Waals surface area contributed by atoms with Gasteiger partial charge in [-0.3, -0.25) is 0 Å². The van der Waals surface area contributed by atoms with Crippen LogP contribution in [0.3, 0.4) is 0 Å². The summed E-state index contributed by atoms with van der Waals surface area (Å²) < 4.78 is 3.84. The van der Waals surface area contributed by atoms with Crippen LogP contribution in [-0.4, -0.2) is 9.59 Å². The summed E-state index contributed by atoms with van der Waals surface area (Å²) in [6, 6.07) is 6.80. The molecule has 3 nitrogen and oxygen atoms in total. The number of aryl methyl sites for hydroxylation is 2. The van der Waals surface area contributed by atoms with Gasteiger partial charge in [0.05, 0.1) is 6.20 Å². The summed E-state index contributed by atoms with van der Waals surface area (Å²) in [5.74, 6) is 0. The van der Waals surface area contributed by atoms with E-state index in [9.17, 15) is 0 Å². The van der Waals surface area contributed by atoms with Gasteiger partial charge in [0.15, 0.2) is 0 Å². The van der Waals surface area contributed by atoms with Crippen molar-refractivity contribution >= 4 is 16.5 Å². The number of hydrogen-bond donors (Lipinski definition) is 1. The summed E-state index contributed by atoms with van der Waals surface area (Å²) >= 11 is 1.38. The van der Waals surface area contributed by atoms with Gasteiger partial charge in [-0.1, -0.05) is 28.3 Å². The average Bonchev–Trinajstić information content (AvgIpc) is 2.74. The number of nitrogens with one attached hydrogen (secondary N) is 1. The minimum absolute atomic E-state index is 0.280. The molecule has 1 unspecified atom stereocenters. The van der Waals surface area contributed by atoms with E-state index in [1.54, 1.807) is 6.20 Å². The summed E-state index contributed by atoms with van der Waals surface area (Å²) in [6.07, 6.45) is 1.76. The third kappa shape index (κ3) is 2.39. The zero-order chi connectivity index (χ0) is 11.5. The first-order valence-electron chi connectivity index (χ1n) is 5.28. The molecule has 0 aliphatic heterocycles. The van der Waals surface area contributed by atoms with Gasteiger partial charge >= 0.3 is 0 Å². The molecule has 1 aromatic heterocycles. The number of benzene rings is 1. The summed E-state index contributed by atoms with van der Waals surface area (Å²) in [6.45, 7) is 6.41. The Morgan fingerprint density at radius 1 is 1.31 bits per heavy atom. The molecule has 1 heterocycles. The lowest BCUT2D eigenvalue weighted by Crippen LogP contribution is -2.07. The van der Waals surface area contributed by atoms with Crippen molar-refractivity contribution in [1.82, 2.24) is 9.59 Å². The van der Waals surface area contributed by atoms with Crippen LogP contribution in [0.25, 0.3) is 0 Å². The van der Waals surface area contributed by atoms with Crippen LogP contribution in [0.15, 0.2) is 24.4 Å². The Hall–Kier alpha value is -1.42. The zero-order valence-electron chi connectivity index (χ0n) is 9.69. The molecule has 0 spiro atoms. The van der Waals surface area contributed by atoms with Crippen LogP contribution in [-0.2, 0) is 0 Å². The molecular formula is C12H15N3S. The molecule has 2 aromatic rings. The molecule has 0 aliphatic carbocycles. The predicted molar refractivity (Wildman–Crippen MR) is 67.9 cm³/mol. The molecule has 0 saturated carbocycles. The molecule has 0 aliphatic rings. The Labute approximate surface area is 99.7 Å². The van der Waals surface area contributed by atoms with Gasteiger partial charge in [-0.05, 0) is 31.9 Å². The largest absolute Gasteiger partial charge is 0.368 e. The van der Waals surface area contributed by atoms with Crippen LogP contribution in [0.4, 0.5) is 5.00 Å². The highest BCUT2D eigenvalue weighted by Crippen LogP contribution is 2.23. The summed E-state index contributed by atoms with van der Waals surface area (Å²) in [5, 5.41) is 8.22. The molecule has 4 heteroatoms. The smallest absolute Gasteiger partial charge is 0.130 e. The molecule has 1 atom stereocenters.